The Labute approximate surface area is 161 Å². The molecule has 1 aromatic heterocycles. The topological polar surface area (TPSA) is 50.2 Å². The first-order valence-electron chi connectivity index (χ1n) is 10.2. The highest BCUT2D eigenvalue weighted by Crippen LogP contribution is 2.48. The third-order valence-electron chi connectivity index (χ3n) is 5.90. The van der Waals surface area contributed by atoms with Crippen molar-refractivity contribution in [2.24, 2.45) is 0 Å². The predicted molar refractivity (Wildman–Crippen MR) is 106 cm³/mol. The van der Waals surface area contributed by atoms with Crippen molar-refractivity contribution >= 4 is 5.91 Å². The zero-order chi connectivity index (χ0) is 18.9. The second-order valence-electron chi connectivity index (χ2n) is 8.11. The minimum atomic E-state index is -0.317. The molecule has 1 aliphatic heterocycles. The molecule has 144 valence electrons. The zero-order valence-corrected chi connectivity index (χ0v) is 16.5. The van der Waals surface area contributed by atoms with Crippen LogP contribution < -0.4 is 5.32 Å². The highest BCUT2D eigenvalue weighted by Gasteiger charge is 2.51. The van der Waals surface area contributed by atoms with Gasteiger partial charge in [0, 0.05) is 19.6 Å². The van der Waals surface area contributed by atoms with Gasteiger partial charge in [-0.05, 0) is 50.8 Å². The van der Waals surface area contributed by atoms with Gasteiger partial charge in [-0.15, -0.1) is 0 Å². The van der Waals surface area contributed by atoms with Crippen LogP contribution in [0.3, 0.4) is 0 Å². The van der Waals surface area contributed by atoms with E-state index < -0.39 is 0 Å². The Balaban J connectivity index is 1.40. The number of benzene rings is 1. The van der Waals surface area contributed by atoms with E-state index in [1.165, 1.54) is 17.7 Å². The van der Waals surface area contributed by atoms with Crippen LogP contribution in [0.5, 0.6) is 0 Å². The number of carbonyl (C=O) groups excluding carboxylic acids is 1. The van der Waals surface area contributed by atoms with Gasteiger partial charge in [0.25, 0.3) is 0 Å². The normalized spacial score (nSPS) is 18.6. The first-order valence-corrected chi connectivity index (χ1v) is 10.2. The molecule has 0 unspecified atom stereocenters. The van der Waals surface area contributed by atoms with Crippen molar-refractivity contribution in [2.45, 2.75) is 64.6 Å². The van der Waals surface area contributed by atoms with E-state index in [9.17, 15) is 4.79 Å². The van der Waals surface area contributed by atoms with Gasteiger partial charge < -0.3 is 5.32 Å². The van der Waals surface area contributed by atoms with Crippen molar-refractivity contribution in [3.63, 3.8) is 0 Å². The largest absolute Gasteiger partial charge is 0.350 e. The fourth-order valence-electron chi connectivity index (χ4n) is 4.17. The van der Waals surface area contributed by atoms with E-state index in [4.69, 9.17) is 5.10 Å². The lowest BCUT2D eigenvalue weighted by Crippen LogP contribution is -2.34. The average Bonchev–Trinajstić information content (AvgIpc) is 3.41. The Bertz CT molecular complexity index is 804. The van der Waals surface area contributed by atoms with E-state index in [1.54, 1.807) is 0 Å². The van der Waals surface area contributed by atoms with Gasteiger partial charge in [-0.25, -0.2) is 0 Å². The number of aromatic nitrogens is 2. The Kier molecular flexibility index (Phi) is 5.04. The number of rotatable bonds is 6. The molecular formula is C22H30N4O. The predicted octanol–water partition coefficient (Wildman–Crippen LogP) is 3.16. The maximum atomic E-state index is 12.9. The molecule has 0 bridgehead atoms. The number of aryl methyl sites for hydroxylation is 2. The van der Waals surface area contributed by atoms with Gasteiger partial charge in [0.15, 0.2) is 0 Å². The van der Waals surface area contributed by atoms with Gasteiger partial charge in [-0.3, -0.25) is 14.4 Å². The van der Waals surface area contributed by atoms with Crippen molar-refractivity contribution in [1.82, 2.24) is 20.0 Å². The lowest BCUT2D eigenvalue weighted by atomic mass is 9.94. The second kappa shape index (κ2) is 7.47. The van der Waals surface area contributed by atoms with Crippen LogP contribution in [-0.2, 0) is 29.8 Å². The monoisotopic (exact) mass is 366 g/mol. The van der Waals surface area contributed by atoms with E-state index in [2.05, 4.69) is 59.1 Å². The fourth-order valence-corrected chi connectivity index (χ4v) is 4.17. The number of hydrogen-bond donors (Lipinski definition) is 1. The number of fused-ring (bicyclic) bond motifs is 1. The number of carbonyl (C=O) groups is 1. The molecule has 0 atom stereocenters. The van der Waals surface area contributed by atoms with Gasteiger partial charge in [0.1, 0.15) is 0 Å². The summed E-state index contributed by atoms with van der Waals surface area (Å²) < 4.78 is 2.13. The summed E-state index contributed by atoms with van der Waals surface area (Å²) in [7, 11) is 0. The Morgan fingerprint density at radius 2 is 2.00 bits per heavy atom. The number of hydrogen-bond acceptors (Lipinski definition) is 3. The van der Waals surface area contributed by atoms with Gasteiger partial charge in [-0.2, -0.15) is 5.10 Å². The van der Waals surface area contributed by atoms with Crippen molar-refractivity contribution in [1.29, 1.82) is 0 Å². The van der Waals surface area contributed by atoms with Gasteiger partial charge in [0.05, 0.1) is 23.3 Å². The molecule has 0 spiro atoms. The van der Waals surface area contributed by atoms with E-state index in [1.807, 2.05) is 0 Å². The number of nitrogens with zero attached hydrogens (tertiary/aromatic N) is 3. The van der Waals surface area contributed by atoms with E-state index >= 15 is 0 Å². The summed E-state index contributed by atoms with van der Waals surface area (Å²) in [5.41, 5.74) is 4.29. The summed E-state index contributed by atoms with van der Waals surface area (Å²) in [6.07, 6.45) is 4.19. The van der Waals surface area contributed by atoms with Crippen LogP contribution in [0.4, 0.5) is 0 Å². The lowest BCUT2D eigenvalue weighted by molar-refractivity contribution is -0.123. The van der Waals surface area contributed by atoms with Gasteiger partial charge in [-0.1, -0.05) is 36.8 Å². The van der Waals surface area contributed by atoms with Crippen molar-refractivity contribution < 1.29 is 4.79 Å². The molecule has 1 aliphatic carbocycles. The Hall–Kier alpha value is -2.14. The number of nitrogens with one attached hydrogen (secondary N) is 1. The van der Waals surface area contributed by atoms with Crippen LogP contribution in [0.15, 0.2) is 30.3 Å². The van der Waals surface area contributed by atoms with Gasteiger partial charge >= 0.3 is 0 Å². The Morgan fingerprint density at radius 1 is 1.22 bits per heavy atom. The highest BCUT2D eigenvalue weighted by molar-refractivity contribution is 5.91. The summed E-state index contributed by atoms with van der Waals surface area (Å²) in [6.45, 7) is 9.02. The molecule has 2 heterocycles. The molecule has 2 aromatic rings. The van der Waals surface area contributed by atoms with Crippen LogP contribution in [0.25, 0.3) is 0 Å². The first kappa shape index (κ1) is 18.2. The molecule has 5 nitrogen and oxygen atoms in total. The van der Waals surface area contributed by atoms with Crippen LogP contribution in [0.2, 0.25) is 0 Å². The lowest BCUT2D eigenvalue weighted by Gasteiger charge is -2.17. The van der Waals surface area contributed by atoms with E-state index in [0.717, 1.165) is 56.7 Å². The molecule has 1 aromatic carbocycles. The molecule has 1 fully saturated rings. The van der Waals surface area contributed by atoms with Gasteiger partial charge in [0.2, 0.25) is 5.91 Å². The van der Waals surface area contributed by atoms with Crippen LogP contribution >= 0.6 is 0 Å². The third-order valence-corrected chi connectivity index (χ3v) is 5.90. The first-order chi connectivity index (χ1) is 13.1. The minimum absolute atomic E-state index is 0.141. The van der Waals surface area contributed by atoms with Crippen LogP contribution in [0, 0.1) is 6.92 Å². The molecule has 1 saturated carbocycles. The maximum absolute atomic E-state index is 12.9. The molecule has 2 aliphatic rings. The standard InChI is InChI=1S/C22H30N4O/c1-3-11-25-12-4-13-26-20(16-25)14-19(24-26)15-23-21(27)22(9-10-22)18-7-5-17(2)6-8-18/h5-8,14H,3-4,9-13,15-16H2,1-2H3,(H,23,27). The summed E-state index contributed by atoms with van der Waals surface area (Å²) in [5, 5.41) is 7.89. The second-order valence-corrected chi connectivity index (χ2v) is 8.11. The van der Waals surface area contributed by atoms with Crippen molar-refractivity contribution in [3.05, 3.63) is 52.8 Å². The molecule has 0 saturated heterocycles. The summed E-state index contributed by atoms with van der Waals surface area (Å²) >= 11 is 0. The molecule has 1 N–H and O–H groups in total. The Morgan fingerprint density at radius 3 is 2.70 bits per heavy atom. The van der Waals surface area contributed by atoms with Crippen molar-refractivity contribution in [2.75, 3.05) is 13.1 Å². The fraction of sp³-hybridized carbons (Fsp3) is 0.545. The van der Waals surface area contributed by atoms with Crippen LogP contribution in [0.1, 0.15) is 55.1 Å². The highest BCUT2D eigenvalue weighted by atomic mass is 16.2. The molecule has 1 amide bonds. The zero-order valence-electron chi connectivity index (χ0n) is 16.5. The summed E-state index contributed by atoms with van der Waals surface area (Å²) in [5.74, 6) is 0.141. The molecular weight excluding hydrogens is 336 g/mol. The third kappa shape index (κ3) is 3.79. The molecule has 4 rings (SSSR count). The summed E-state index contributed by atoms with van der Waals surface area (Å²) in [4.78, 5) is 15.4. The van der Waals surface area contributed by atoms with E-state index in [0.29, 0.717) is 6.54 Å². The number of amides is 1. The molecule has 0 radical (unpaired) electrons. The minimum Gasteiger partial charge on any atom is -0.350 e. The molecule has 5 heteroatoms. The van der Waals surface area contributed by atoms with Crippen molar-refractivity contribution in [3.8, 4) is 0 Å². The maximum Gasteiger partial charge on any atom is 0.230 e. The average molecular weight is 367 g/mol. The smallest absolute Gasteiger partial charge is 0.230 e. The van der Waals surface area contributed by atoms with Crippen LogP contribution in [-0.4, -0.2) is 33.7 Å². The SMILES string of the molecule is CCCN1CCCn2nc(CNC(=O)C3(c4ccc(C)cc4)CC3)cc2C1. The quantitative estimate of drug-likeness (QED) is 0.854. The van der Waals surface area contributed by atoms with E-state index in [-0.39, 0.29) is 11.3 Å². The molecule has 27 heavy (non-hydrogen) atoms. The summed E-state index contributed by atoms with van der Waals surface area (Å²) in [6, 6.07) is 10.6.